The molecule has 0 saturated heterocycles. The van der Waals surface area contributed by atoms with Crippen molar-refractivity contribution in [1.82, 2.24) is 4.90 Å². The molecule has 1 amide bonds. The number of hydrogen-bond donors (Lipinski definition) is 1. The van der Waals surface area contributed by atoms with Crippen LogP contribution in [-0.4, -0.2) is 24.0 Å². The van der Waals surface area contributed by atoms with Crippen LogP contribution < -0.4 is 10.1 Å². The van der Waals surface area contributed by atoms with Crippen LogP contribution in [0.3, 0.4) is 0 Å². The number of carbonyl (C=O) groups is 1. The standard InChI is InChI=1S/C26H28N2O2/c1-2-3-17-28-25(27-24-15-8-7-14-23(24)26(28)29)21-12-9-13-22(19-21)30-18-16-20-10-5-4-6-11-20/h4-15,19,25,27H,2-3,16-18H2,1H3. The van der Waals surface area contributed by atoms with E-state index in [4.69, 9.17) is 4.74 Å². The average molecular weight is 401 g/mol. The van der Waals surface area contributed by atoms with Crippen molar-refractivity contribution < 1.29 is 9.53 Å². The van der Waals surface area contributed by atoms with Gasteiger partial charge >= 0.3 is 0 Å². The Morgan fingerprint density at radius 3 is 2.60 bits per heavy atom. The van der Waals surface area contributed by atoms with Crippen molar-refractivity contribution in [2.45, 2.75) is 32.4 Å². The summed E-state index contributed by atoms with van der Waals surface area (Å²) in [6, 6.07) is 26.1. The molecule has 1 aliphatic heterocycles. The molecule has 4 heteroatoms. The lowest BCUT2D eigenvalue weighted by Gasteiger charge is -2.38. The van der Waals surface area contributed by atoms with E-state index in [1.165, 1.54) is 5.56 Å². The van der Waals surface area contributed by atoms with Gasteiger partial charge in [0.1, 0.15) is 11.9 Å². The molecule has 0 radical (unpaired) electrons. The molecule has 1 heterocycles. The van der Waals surface area contributed by atoms with Crippen molar-refractivity contribution in [3.05, 3.63) is 95.6 Å². The summed E-state index contributed by atoms with van der Waals surface area (Å²) in [6.45, 7) is 3.49. The van der Waals surface area contributed by atoms with E-state index in [0.717, 1.165) is 48.4 Å². The molecule has 30 heavy (non-hydrogen) atoms. The number of nitrogens with one attached hydrogen (secondary N) is 1. The van der Waals surface area contributed by atoms with E-state index < -0.39 is 0 Å². The molecule has 0 saturated carbocycles. The normalized spacial score (nSPS) is 15.4. The van der Waals surface area contributed by atoms with Crippen LogP contribution >= 0.6 is 0 Å². The first-order chi connectivity index (χ1) is 14.8. The molecule has 0 fully saturated rings. The van der Waals surface area contributed by atoms with E-state index in [1.54, 1.807) is 0 Å². The summed E-state index contributed by atoms with van der Waals surface area (Å²) in [5.74, 6) is 0.908. The summed E-state index contributed by atoms with van der Waals surface area (Å²) in [5, 5.41) is 3.56. The number of amides is 1. The third-order valence-electron chi connectivity index (χ3n) is 5.45. The van der Waals surface area contributed by atoms with Crippen molar-refractivity contribution >= 4 is 11.6 Å². The van der Waals surface area contributed by atoms with Gasteiger partial charge in [0.05, 0.1) is 12.2 Å². The Bertz CT molecular complexity index is 987. The molecular weight excluding hydrogens is 372 g/mol. The number of nitrogens with zero attached hydrogens (tertiary/aromatic N) is 1. The first-order valence-electron chi connectivity index (χ1n) is 10.7. The number of carbonyl (C=O) groups excluding carboxylic acids is 1. The van der Waals surface area contributed by atoms with E-state index in [1.807, 2.05) is 65.6 Å². The number of fused-ring (bicyclic) bond motifs is 1. The molecule has 154 valence electrons. The fourth-order valence-electron chi connectivity index (χ4n) is 3.82. The minimum atomic E-state index is -0.198. The summed E-state index contributed by atoms with van der Waals surface area (Å²) in [5.41, 5.74) is 3.91. The lowest BCUT2D eigenvalue weighted by atomic mass is 10.0. The van der Waals surface area contributed by atoms with Crippen molar-refractivity contribution in [2.75, 3.05) is 18.5 Å². The molecule has 0 aliphatic carbocycles. The molecule has 0 bridgehead atoms. The van der Waals surface area contributed by atoms with Crippen molar-refractivity contribution in [2.24, 2.45) is 0 Å². The van der Waals surface area contributed by atoms with Crippen LogP contribution in [0, 0.1) is 0 Å². The minimum Gasteiger partial charge on any atom is -0.493 e. The zero-order chi connectivity index (χ0) is 20.8. The molecule has 0 spiro atoms. The first kappa shape index (κ1) is 20.0. The van der Waals surface area contributed by atoms with Gasteiger partial charge in [-0.2, -0.15) is 0 Å². The van der Waals surface area contributed by atoms with Gasteiger partial charge in [0.25, 0.3) is 5.91 Å². The van der Waals surface area contributed by atoms with Crippen LogP contribution in [0.4, 0.5) is 5.69 Å². The topological polar surface area (TPSA) is 41.6 Å². The minimum absolute atomic E-state index is 0.0817. The number of para-hydroxylation sites is 1. The molecule has 1 aliphatic rings. The highest BCUT2D eigenvalue weighted by atomic mass is 16.5. The number of ether oxygens (including phenoxy) is 1. The predicted octanol–water partition coefficient (Wildman–Crippen LogP) is 5.67. The van der Waals surface area contributed by atoms with Gasteiger partial charge in [-0.3, -0.25) is 4.79 Å². The molecular formula is C26H28N2O2. The summed E-state index contributed by atoms with van der Waals surface area (Å²) in [4.78, 5) is 15.1. The van der Waals surface area contributed by atoms with E-state index >= 15 is 0 Å². The van der Waals surface area contributed by atoms with E-state index in [9.17, 15) is 4.79 Å². The van der Waals surface area contributed by atoms with Gasteiger partial charge in [0, 0.05) is 18.7 Å². The summed E-state index contributed by atoms with van der Waals surface area (Å²) < 4.78 is 6.02. The average Bonchev–Trinajstić information content (AvgIpc) is 2.79. The van der Waals surface area contributed by atoms with Crippen molar-refractivity contribution in [1.29, 1.82) is 0 Å². The number of unbranched alkanes of at least 4 members (excludes halogenated alkanes) is 1. The molecule has 4 nitrogen and oxygen atoms in total. The maximum atomic E-state index is 13.2. The highest BCUT2D eigenvalue weighted by Gasteiger charge is 2.32. The van der Waals surface area contributed by atoms with Gasteiger partial charge in [0.15, 0.2) is 0 Å². The largest absolute Gasteiger partial charge is 0.493 e. The lowest BCUT2D eigenvalue weighted by molar-refractivity contribution is 0.0680. The molecule has 1 atom stereocenters. The molecule has 3 aromatic rings. The third-order valence-corrected chi connectivity index (χ3v) is 5.45. The van der Waals surface area contributed by atoms with Crippen LogP contribution in [0.1, 0.15) is 47.4 Å². The highest BCUT2D eigenvalue weighted by molar-refractivity contribution is 6.01. The fourth-order valence-corrected chi connectivity index (χ4v) is 3.82. The second kappa shape index (κ2) is 9.49. The second-order valence-electron chi connectivity index (χ2n) is 7.60. The van der Waals surface area contributed by atoms with Gasteiger partial charge in [-0.25, -0.2) is 0 Å². The van der Waals surface area contributed by atoms with Crippen molar-refractivity contribution in [3.8, 4) is 5.75 Å². The van der Waals surface area contributed by atoms with E-state index in [-0.39, 0.29) is 12.1 Å². The van der Waals surface area contributed by atoms with Crippen LogP contribution in [0.25, 0.3) is 0 Å². The molecule has 1 unspecified atom stereocenters. The first-order valence-corrected chi connectivity index (χ1v) is 10.7. The molecule has 3 aromatic carbocycles. The van der Waals surface area contributed by atoms with Crippen LogP contribution in [0.2, 0.25) is 0 Å². The van der Waals surface area contributed by atoms with Gasteiger partial charge in [-0.15, -0.1) is 0 Å². The Morgan fingerprint density at radius 1 is 0.967 bits per heavy atom. The Labute approximate surface area is 178 Å². The summed E-state index contributed by atoms with van der Waals surface area (Å²) in [7, 11) is 0. The van der Waals surface area contributed by atoms with Crippen LogP contribution in [-0.2, 0) is 6.42 Å². The highest BCUT2D eigenvalue weighted by Crippen LogP contribution is 2.34. The maximum Gasteiger partial charge on any atom is 0.257 e. The van der Waals surface area contributed by atoms with Gasteiger partial charge in [-0.1, -0.05) is 67.9 Å². The number of hydrogen-bond acceptors (Lipinski definition) is 3. The Morgan fingerprint density at radius 2 is 1.77 bits per heavy atom. The van der Waals surface area contributed by atoms with E-state index in [0.29, 0.717) is 6.61 Å². The second-order valence-corrected chi connectivity index (χ2v) is 7.60. The third kappa shape index (κ3) is 4.48. The van der Waals surface area contributed by atoms with Crippen LogP contribution in [0.5, 0.6) is 5.75 Å². The quantitative estimate of drug-likeness (QED) is 0.529. The smallest absolute Gasteiger partial charge is 0.257 e. The number of benzene rings is 3. The Hall–Kier alpha value is -3.27. The monoisotopic (exact) mass is 400 g/mol. The number of rotatable bonds is 8. The van der Waals surface area contributed by atoms with Gasteiger partial charge in [0.2, 0.25) is 0 Å². The molecule has 4 rings (SSSR count). The summed E-state index contributed by atoms with van der Waals surface area (Å²) >= 11 is 0. The Kier molecular flexibility index (Phi) is 6.33. The number of anilines is 1. The maximum absolute atomic E-state index is 13.2. The zero-order valence-electron chi connectivity index (χ0n) is 17.4. The van der Waals surface area contributed by atoms with E-state index in [2.05, 4.69) is 30.4 Å². The summed E-state index contributed by atoms with van der Waals surface area (Å²) in [6.07, 6.45) is 2.68. The molecule has 0 aromatic heterocycles. The SMILES string of the molecule is CCCCN1C(=O)c2ccccc2NC1c1cccc(OCCc2ccccc2)c1. The fraction of sp³-hybridized carbons (Fsp3) is 0.269. The predicted molar refractivity (Wildman–Crippen MR) is 121 cm³/mol. The zero-order valence-corrected chi connectivity index (χ0v) is 17.4. The van der Waals surface area contributed by atoms with Gasteiger partial charge in [-0.05, 0) is 41.8 Å². The molecule has 1 N–H and O–H groups in total. The lowest BCUT2D eigenvalue weighted by Crippen LogP contribution is -2.43. The Balaban J connectivity index is 1.52. The van der Waals surface area contributed by atoms with Crippen molar-refractivity contribution in [3.63, 3.8) is 0 Å². The van der Waals surface area contributed by atoms with Crippen LogP contribution in [0.15, 0.2) is 78.9 Å². The van der Waals surface area contributed by atoms with Gasteiger partial charge < -0.3 is 15.0 Å².